The van der Waals surface area contributed by atoms with Crippen LogP contribution in [0.1, 0.15) is 43.4 Å². The summed E-state index contributed by atoms with van der Waals surface area (Å²) in [6.07, 6.45) is 9.68. The molecule has 0 radical (unpaired) electrons. The van der Waals surface area contributed by atoms with Gasteiger partial charge in [0.1, 0.15) is 0 Å². The number of rotatable bonds is 4. The van der Waals surface area contributed by atoms with Crippen molar-refractivity contribution in [2.24, 2.45) is 17.6 Å². The van der Waals surface area contributed by atoms with Crippen LogP contribution in [0.3, 0.4) is 0 Å². The second kappa shape index (κ2) is 7.06. The topological polar surface area (TPSA) is 29.3 Å². The van der Waals surface area contributed by atoms with Crippen LogP contribution in [-0.2, 0) is 6.42 Å². The summed E-state index contributed by atoms with van der Waals surface area (Å²) in [7, 11) is 0. The molecule has 2 atom stereocenters. The van der Waals surface area contributed by atoms with E-state index in [1.54, 1.807) is 0 Å². The summed E-state index contributed by atoms with van der Waals surface area (Å²) in [6.45, 7) is 3.69. The molecule has 1 aromatic heterocycles. The molecule has 0 bridgehead atoms. The van der Waals surface area contributed by atoms with Crippen molar-refractivity contribution in [3.63, 3.8) is 0 Å². The van der Waals surface area contributed by atoms with Gasteiger partial charge in [-0.3, -0.25) is 0 Å². The average Bonchev–Trinajstić information content (AvgIpc) is 2.92. The number of thiophene rings is 1. The average molecular weight is 292 g/mol. The highest BCUT2D eigenvalue weighted by atomic mass is 32.1. The van der Waals surface area contributed by atoms with E-state index in [2.05, 4.69) is 22.4 Å². The van der Waals surface area contributed by atoms with Crippen LogP contribution in [0.2, 0.25) is 0 Å². The highest BCUT2D eigenvalue weighted by Gasteiger charge is 2.27. The third-order valence-electron chi connectivity index (χ3n) is 4.96. The lowest BCUT2D eigenvalue weighted by Crippen LogP contribution is -2.49. The quantitative estimate of drug-likeness (QED) is 0.920. The minimum atomic E-state index is 0.386. The van der Waals surface area contributed by atoms with Gasteiger partial charge in [-0.2, -0.15) is 0 Å². The van der Waals surface area contributed by atoms with Gasteiger partial charge in [0.05, 0.1) is 0 Å². The van der Waals surface area contributed by atoms with E-state index in [1.807, 2.05) is 11.3 Å². The number of hydrogen-bond acceptors (Lipinski definition) is 3. The van der Waals surface area contributed by atoms with Gasteiger partial charge in [0, 0.05) is 30.6 Å². The van der Waals surface area contributed by atoms with Crippen LogP contribution in [0.5, 0.6) is 0 Å². The van der Waals surface area contributed by atoms with E-state index >= 15 is 0 Å². The van der Waals surface area contributed by atoms with Gasteiger partial charge >= 0.3 is 0 Å². The van der Waals surface area contributed by atoms with E-state index in [9.17, 15) is 0 Å². The van der Waals surface area contributed by atoms with Crippen molar-refractivity contribution in [2.75, 3.05) is 19.6 Å². The monoisotopic (exact) mass is 292 g/mol. The minimum absolute atomic E-state index is 0.386. The zero-order valence-electron chi connectivity index (χ0n) is 12.5. The van der Waals surface area contributed by atoms with Crippen molar-refractivity contribution in [1.82, 2.24) is 4.90 Å². The van der Waals surface area contributed by atoms with Gasteiger partial charge in [-0.05, 0) is 49.0 Å². The molecule has 1 aromatic rings. The predicted octanol–water partition coefficient (Wildman–Crippen LogP) is 3.52. The van der Waals surface area contributed by atoms with Crippen LogP contribution in [-0.4, -0.2) is 30.6 Å². The molecule has 2 nitrogen and oxygen atoms in total. The summed E-state index contributed by atoms with van der Waals surface area (Å²) in [4.78, 5) is 4.20. The molecule has 3 heteroatoms. The van der Waals surface area contributed by atoms with Gasteiger partial charge in [0.15, 0.2) is 0 Å². The summed E-state index contributed by atoms with van der Waals surface area (Å²) < 4.78 is 0. The maximum absolute atomic E-state index is 6.31. The molecule has 2 heterocycles. The molecule has 20 heavy (non-hydrogen) atoms. The number of nitrogens with two attached hydrogens (primary N) is 1. The van der Waals surface area contributed by atoms with Gasteiger partial charge in [0.25, 0.3) is 0 Å². The van der Waals surface area contributed by atoms with Crippen molar-refractivity contribution < 1.29 is 0 Å². The lowest BCUT2D eigenvalue weighted by molar-refractivity contribution is 0.124. The molecular formula is C17H28N2S. The fraction of sp³-hybridized carbons (Fsp3) is 0.765. The molecule has 1 aliphatic heterocycles. The zero-order chi connectivity index (χ0) is 13.8. The smallest absolute Gasteiger partial charge is 0.0171 e. The minimum Gasteiger partial charge on any atom is -0.327 e. The first kappa shape index (κ1) is 14.6. The molecule has 2 fully saturated rings. The van der Waals surface area contributed by atoms with Crippen molar-refractivity contribution in [1.29, 1.82) is 0 Å². The Bertz CT molecular complexity index is 384. The van der Waals surface area contributed by atoms with E-state index in [0.717, 1.165) is 18.4 Å². The second-order valence-electron chi connectivity index (χ2n) is 6.87. The van der Waals surface area contributed by atoms with Crippen molar-refractivity contribution in [3.05, 3.63) is 22.4 Å². The number of hydrogen-bond donors (Lipinski definition) is 1. The first-order chi connectivity index (χ1) is 9.79. The molecule has 2 N–H and O–H groups in total. The molecule has 0 spiro atoms. The van der Waals surface area contributed by atoms with Crippen LogP contribution in [0.25, 0.3) is 0 Å². The molecule has 112 valence electrons. The Kier molecular flexibility index (Phi) is 5.14. The SMILES string of the molecule is NC1CC(Cc2cccs2)CN(CC2CCCCC2)C1. The first-order valence-corrected chi connectivity index (χ1v) is 9.18. The largest absolute Gasteiger partial charge is 0.327 e. The Balaban J connectivity index is 1.52. The standard InChI is InChI=1S/C17H28N2S/c18-16-9-15(10-17-7-4-8-20-17)12-19(13-16)11-14-5-2-1-3-6-14/h4,7-8,14-16H,1-3,5-6,9-13,18H2. The van der Waals surface area contributed by atoms with E-state index < -0.39 is 0 Å². The summed E-state index contributed by atoms with van der Waals surface area (Å²) in [6, 6.07) is 4.83. The van der Waals surface area contributed by atoms with E-state index in [4.69, 9.17) is 5.73 Å². The Morgan fingerprint density at radius 3 is 2.75 bits per heavy atom. The summed E-state index contributed by atoms with van der Waals surface area (Å²) in [5.74, 6) is 1.71. The fourth-order valence-corrected chi connectivity index (χ4v) is 4.91. The van der Waals surface area contributed by atoms with Gasteiger partial charge in [-0.25, -0.2) is 0 Å². The fourth-order valence-electron chi connectivity index (χ4n) is 4.09. The van der Waals surface area contributed by atoms with E-state index in [1.165, 1.54) is 62.9 Å². The highest BCUT2D eigenvalue weighted by molar-refractivity contribution is 7.09. The molecule has 1 saturated carbocycles. The normalized spacial score (nSPS) is 29.6. The van der Waals surface area contributed by atoms with Gasteiger partial charge in [0.2, 0.25) is 0 Å². The van der Waals surface area contributed by atoms with Crippen LogP contribution in [0.15, 0.2) is 17.5 Å². The van der Waals surface area contributed by atoms with E-state index in [0.29, 0.717) is 6.04 Å². The molecule has 2 unspecified atom stereocenters. The molecule has 0 amide bonds. The summed E-state index contributed by atoms with van der Waals surface area (Å²) in [5.41, 5.74) is 6.31. The maximum atomic E-state index is 6.31. The molecule has 1 aliphatic carbocycles. The second-order valence-corrected chi connectivity index (χ2v) is 7.90. The number of nitrogens with zero attached hydrogens (tertiary/aromatic N) is 1. The van der Waals surface area contributed by atoms with Gasteiger partial charge in [-0.15, -0.1) is 11.3 Å². The van der Waals surface area contributed by atoms with Gasteiger partial charge < -0.3 is 10.6 Å². The Labute approximate surface area is 127 Å². The highest BCUT2D eigenvalue weighted by Crippen LogP contribution is 2.27. The van der Waals surface area contributed by atoms with Crippen molar-refractivity contribution >= 4 is 11.3 Å². The molecule has 0 aromatic carbocycles. The molecular weight excluding hydrogens is 264 g/mol. The summed E-state index contributed by atoms with van der Waals surface area (Å²) >= 11 is 1.90. The van der Waals surface area contributed by atoms with Crippen LogP contribution < -0.4 is 5.73 Å². The third kappa shape index (κ3) is 4.06. The van der Waals surface area contributed by atoms with Crippen LogP contribution >= 0.6 is 11.3 Å². The third-order valence-corrected chi connectivity index (χ3v) is 5.86. The molecule has 3 rings (SSSR count). The zero-order valence-corrected chi connectivity index (χ0v) is 13.3. The maximum Gasteiger partial charge on any atom is 0.0171 e. The number of likely N-dealkylation sites (tertiary alicyclic amines) is 1. The summed E-state index contributed by atoms with van der Waals surface area (Å²) in [5, 5.41) is 2.19. The molecule has 2 aliphatic rings. The predicted molar refractivity (Wildman–Crippen MR) is 87.1 cm³/mol. The Hall–Kier alpha value is -0.380. The van der Waals surface area contributed by atoms with Crippen molar-refractivity contribution in [2.45, 2.75) is 51.0 Å². The first-order valence-electron chi connectivity index (χ1n) is 8.30. The van der Waals surface area contributed by atoms with Crippen molar-refractivity contribution in [3.8, 4) is 0 Å². The number of piperidine rings is 1. The lowest BCUT2D eigenvalue weighted by Gasteiger charge is -2.38. The van der Waals surface area contributed by atoms with Crippen LogP contribution in [0, 0.1) is 11.8 Å². The van der Waals surface area contributed by atoms with Crippen LogP contribution in [0.4, 0.5) is 0 Å². The Morgan fingerprint density at radius 2 is 2.00 bits per heavy atom. The van der Waals surface area contributed by atoms with Gasteiger partial charge in [-0.1, -0.05) is 25.3 Å². The molecule has 1 saturated heterocycles. The lowest BCUT2D eigenvalue weighted by atomic mass is 9.86. The Morgan fingerprint density at radius 1 is 1.15 bits per heavy atom. The van der Waals surface area contributed by atoms with E-state index in [-0.39, 0.29) is 0 Å².